The Hall–Kier alpha value is -2.04. The Morgan fingerprint density at radius 1 is 1.04 bits per heavy atom. The quantitative estimate of drug-likeness (QED) is 0.288. The smallest absolute Gasteiger partial charge is 0.190 e. The van der Waals surface area contributed by atoms with E-state index in [-0.39, 0.29) is 12.4 Å². The molecule has 1 heterocycles. The molecule has 0 bridgehead atoms. The van der Waals surface area contributed by atoms with Crippen LogP contribution in [0.15, 0.2) is 83.7 Å². The minimum atomic E-state index is 0. The van der Waals surface area contributed by atoms with Gasteiger partial charge in [-0.25, -0.2) is 4.99 Å². The van der Waals surface area contributed by atoms with Gasteiger partial charge in [0, 0.05) is 27.9 Å². The summed E-state index contributed by atoms with van der Waals surface area (Å²) in [5, 5.41) is 5.61. The minimum Gasteiger partial charge on any atom is -0.313 e. The summed E-state index contributed by atoms with van der Waals surface area (Å²) in [4.78, 5) is 5.84. The molecule has 3 aromatic carbocycles. The van der Waals surface area contributed by atoms with E-state index in [1.807, 2.05) is 42.5 Å². The molecule has 4 rings (SSSR count). The standard InChI is InChI=1S/C22H16Cl2N2S.ClH/c1-2-12-26-21(18-11-10-16(23)13-19(18)24)14-27-22(26)25-20-9-5-7-15-6-3-4-8-17(15)20;/h2-11,13-14H,1,12H2;1H. The lowest BCUT2D eigenvalue weighted by atomic mass is 10.1. The number of benzene rings is 3. The van der Waals surface area contributed by atoms with Crippen molar-refractivity contribution in [2.24, 2.45) is 4.99 Å². The van der Waals surface area contributed by atoms with E-state index in [0.29, 0.717) is 16.6 Å². The highest BCUT2D eigenvalue weighted by Crippen LogP contribution is 2.31. The Morgan fingerprint density at radius 3 is 2.61 bits per heavy atom. The fourth-order valence-electron chi connectivity index (χ4n) is 3.05. The predicted molar refractivity (Wildman–Crippen MR) is 124 cm³/mol. The van der Waals surface area contributed by atoms with Crippen LogP contribution in [-0.2, 0) is 6.54 Å². The van der Waals surface area contributed by atoms with Crippen molar-refractivity contribution in [3.63, 3.8) is 0 Å². The number of aromatic nitrogens is 1. The molecule has 0 aliphatic rings. The highest BCUT2D eigenvalue weighted by atomic mass is 35.5. The van der Waals surface area contributed by atoms with Crippen molar-refractivity contribution in [1.82, 2.24) is 4.57 Å². The Bertz CT molecular complexity index is 1200. The van der Waals surface area contributed by atoms with Gasteiger partial charge in [0.1, 0.15) is 0 Å². The summed E-state index contributed by atoms with van der Waals surface area (Å²) in [6, 6.07) is 20.0. The molecule has 0 atom stereocenters. The molecule has 6 heteroatoms. The van der Waals surface area contributed by atoms with E-state index in [9.17, 15) is 0 Å². The van der Waals surface area contributed by atoms with Gasteiger partial charge in [0.25, 0.3) is 0 Å². The summed E-state index contributed by atoms with van der Waals surface area (Å²) in [5.74, 6) is 0. The fourth-order valence-corrected chi connectivity index (χ4v) is 4.47. The van der Waals surface area contributed by atoms with Gasteiger partial charge in [-0.1, -0.05) is 65.7 Å². The highest BCUT2D eigenvalue weighted by molar-refractivity contribution is 7.07. The van der Waals surface area contributed by atoms with Gasteiger partial charge in [-0.3, -0.25) is 0 Å². The number of hydrogen-bond acceptors (Lipinski definition) is 2. The van der Waals surface area contributed by atoms with E-state index in [4.69, 9.17) is 28.2 Å². The first-order chi connectivity index (χ1) is 13.2. The van der Waals surface area contributed by atoms with Gasteiger partial charge < -0.3 is 4.57 Å². The molecule has 2 nitrogen and oxygen atoms in total. The Balaban J connectivity index is 0.00000225. The van der Waals surface area contributed by atoms with Gasteiger partial charge in [0.15, 0.2) is 4.80 Å². The van der Waals surface area contributed by atoms with Crippen LogP contribution >= 0.6 is 46.9 Å². The molecule has 0 unspecified atom stereocenters. The van der Waals surface area contributed by atoms with E-state index < -0.39 is 0 Å². The molecule has 0 aliphatic carbocycles. The molecule has 142 valence electrons. The first-order valence-corrected chi connectivity index (χ1v) is 10.1. The Kier molecular flexibility index (Phi) is 6.63. The summed E-state index contributed by atoms with van der Waals surface area (Å²) in [5.41, 5.74) is 2.88. The molecular formula is C22H17Cl3N2S. The van der Waals surface area contributed by atoms with Crippen molar-refractivity contribution in [3.05, 3.63) is 93.5 Å². The summed E-state index contributed by atoms with van der Waals surface area (Å²) in [7, 11) is 0. The van der Waals surface area contributed by atoms with Gasteiger partial charge in [-0.15, -0.1) is 30.3 Å². The zero-order chi connectivity index (χ0) is 18.8. The van der Waals surface area contributed by atoms with Crippen LogP contribution in [0.3, 0.4) is 0 Å². The largest absolute Gasteiger partial charge is 0.313 e. The van der Waals surface area contributed by atoms with Crippen molar-refractivity contribution in [1.29, 1.82) is 0 Å². The molecule has 0 amide bonds. The van der Waals surface area contributed by atoms with Crippen molar-refractivity contribution in [2.75, 3.05) is 0 Å². The van der Waals surface area contributed by atoms with Crippen molar-refractivity contribution in [3.8, 4) is 11.3 Å². The first-order valence-electron chi connectivity index (χ1n) is 8.44. The van der Waals surface area contributed by atoms with Gasteiger partial charge >= 0.3 is 0 Å². The fraction of sp³-hybridized carbons (Fsp3) is 0.0455. The number of allylic oxidation sites excluding steroid dienone is 1. The zero-order valence-corrected chi connectivity index (χ0v) is 18.0. The van der Waals surface area contributed by atoms with Crippen LogP contribution in [-0.4, -0.2) is 4.57 Å². The van der Waals surface area contributed by atoms with E-state index in [2.05, 4.69) is 34.7 Å². The van der Waals surface area contributed by atoms with E-state index in [0.717, 1.165) is 27.1 Å². The van der Waals surface area contributed by atoms with Gasteiger partial charge in [0.05, 0.1) is 16.4 Å². The van der Waals surface area contributed by atoms with Gasteiger partial charge in [0.2, 0.25) is 0 Å². The van der Waals surface area contributed by atoms with Crippen LogP contribution in [0, 0.1) is 0 Å². The highest BCUT2D eigenvalue weighted by Gasteiger charge is 2.11. The lowest BCUT2D eigenvalue weighted by Gasteiger charge is -2.09. The molecule has 0 N–H and O–H groups in total. The zero-order valence-electron chi connectivity index (χ0n) is 14.8. The number of fused-ring (bicyclic) bond motifs is 1. The first kappa shape index (κ1) is 20.7. The normalized spacial score (nSPS) is 11.4. The Morgan fingerprint density at radius 2 is 1.82 bits per heavy atom. The van der Waals surface area contributed by atoms with Crippen LogP contribution < -0.4 is 4.80 Å². The molecule has 0 saturated carbocycles. The molecule has 0 radical (unpaired) electrons. The topological polar surface area (TPSA) is 17.3 Å². The lowest BCUT2D eigenvalue weighted by Crippen LogP contribution is -2.14. The number of nitrogens with zero attached hydrogens (tertiary/aromatic N) is 2. The third-order valence-corrected chi connectivity index (χ3v) is 5.71. The number of hydrogen-bond donors (Lipinski definition) is 0. The van der Waals surface area contributed by atoms with Crippen LogP contribution in [0.1, 0.15) is 0 Å². The molecule has 0 saturated heterocycles. The summed E-state index contributed by atoms with van der Waals surface area (Å²) in [6.07, 6.45) is 1.86. The average molecular weight is 448 g/mol. The van der Waals surface area contributed by atoms with Crippen molar-refractivity contribution < 1.29 is 0 Å². The second-order valence-corrected chi connectivity index (χ2v) is 7.72. The number of halogens is 3. The maximum atomic E-state index is 6.43. The minimum absolute atomic E-state index is 0. The van der Waals surface area contributed by atoms with Gasteiger partial charge in [-0.05, 0) is 29.7 Å². The van der Waals surface area contributed by atoms with E-state index >= 15 is 0 Å². The maximum Gasteiger partial charge on any atom is 0.190 e. The lowest BCUT2D eigenvalue weighted by molar-refractivity contribution is 0.801. The summed E-state index contributed by atoms with van der Waals surface area (Å²) >= 11 is 14.1. The van der Waals surface area contributed by atoms with Crippen LogP contribution in [0.25, 0.3) is 22.0 Å². The second-order valence-electron chi connectivity index (χ2n) is 6.04. The molecule has 0 spiro atoms. The van der Waals surface area contributed by atoms with Crippen molar-refractivity contribution in [2.45, 2.75) is 6.54 Å². The second kappa shape index (κ2) is 8.97. The Labute approximate surface area is 183 Å². The molecule has 0 aliphatic heterocycles. The van der Waals surface area contributed by atoms with Gasteiger partial charge in [-0.2, -0.15) is 0 Å². The van der Waals surface area contributed by atoms with Crippen molar-refractivity contribution >= 4 is 63.4 Å². The number of thiazole rings is 1. The van der Waals surface area contributed by atoms with E-state index in [1.54, 1.807) is 17.4 Å². The number of rotatable bonds is 4. The average Bonchev–Trinajstić information content (AvgIpc) is 3.05. The van der Waals surface area contributed by atoms with E-state index in [1.165, 1.54) is 5.39 Å². The molecule has 0 fully saturated rings. The molecule has 4 aromatic rings. The van der Waals surface area contributed by atoms with Crippen LogP contribution in [0.2, 0.25) is 10.0 Å². The molecule has 1 aromatic heterocycles. The van der Waals surface area contributed by atoms with Crippen LogP contribution in [0.4, 0.5) is 5.69 Å². The molecular weight excluding hydrogens is 431 g/mol. The summed E-state index contributed by atoms with van der Waals surface area (Å²) < 4.78 is 2.12. The monoisotopic (exact) mass is 446 g/mol. The predicted octanol–water partition coefficient (Wildman–Crippen LogP) is 7.52. The SMILES string of the molecule is C=CCn1c(-c2ccc(Cl)cc2Cl)csc1=Nc1cccc2ccccc12.Cl. The molecule has 28 heavy (non-hydrogen) atoms. The third kappa shape index (κ3) is 4.03. The van der Waals surface area contributed by atoms with Crippen LogP contribution in [0.5, 0.6) is 0 Å². The maximum absolute atomic E-state index is 6.43. The third-order valence-electron chi connectivity index (χ3n) is 4.30. The summed E-state index contributed by atoms with van der Waals surface area (Å²) in [6.45, 7) is 4.53.